The van der Waals surface area contributed by atoms with Gasteiger partial charge in [-0.15, -0.1) is 0 Å². The standard InChI is InChI=1S/C23H32N4O5S/c1-23(2,3)32-22(29)26-20-8-11-27(12-9-20)33(30,31)21-7-6-18(15-25)19(14-21)13-17(16-28)5-4-10-24/h6-7,14,17,20,28H,4-5,8-9,11-13,16H2,1-3H3,(H,26,29). The summed E-state index contributed by atoms with van der Waals surface area (Å²) in [7, 11) is -3.78. The molecule has 1 atom stereocenters. The average Bonchev–Trinajstić information content (AvgIpc) is 2.75. The van der Waals surface area contributed by atoms with Crippen LogP contribution >= 0.6 is 0 Å². The Labute approximate surface area is 196 Å². The maximum Gasteiger partial charge on any atom is 0.407 e. The third kappa shape index (κ3) is 7.71. The van der Waals surface area contributed by atoms with Crippen LogP contribution in [-0.2, 0) is 21.2 Å². The Morgan fingerprint density at radius 3 is 2.52 bits per heavy atom. The first kappa shape index (κ1) is 26.6. The monoisotopic (exact) mass is 476 g/mol. The van der Waals surface area contributed by atoms with Gasteiger partial charge in [0.25, 0.3) is 0 Å². The van der Waals surface area contributed by atoms with Crippen LogP contribution in [0.4, 0.5) is 4.79 Å². The van der Waals surface area contributed by atoms with E-state index in [-0.39, 0.29) is 43.0 Å². The number of rotatable bonds is 8. The molecule has 1 saturated heterocycles. The van der Waals surface area contributed by atoms with Gasteiger partial charge in [0.2, 0.25) is 10.0 Å². The third-order valence-electron chi connectivity index (χ3n) is 5.44. The van der Waals surface area contributed by atoms with Crippen molar-refractivity contribution in [1.29, 1.82) is 10.5 Å². The number of nitrogens with zero attached hydrogens (tertiary/aromatic N) is 3. The van der Waals surface area contributed by atoms with Crippen molar-refractivity contribution in [3.8, 4) is 12.1 Å². The number of ether oxygens (including phenoxy) is 1. The third-order valence-corrected chi connectivity index (χ3v) is 7.34. The number of hydrogen-bond acceptors (Lipinski definition) is 7. The highest BCUT2D eigenvalue weighted by Gasteiger charge is 2.31. The van der Waals surface area contributed by atoms with Crippen molar-refractivity contribution in [3.63, 3.8) is 0 Å². The van der Waals surface area contributed by atoms with Crippen molar-refractivity contribution in [1.82, 2.24) is 9.62 Å². The topological polar surface area (TPSA) is 144 Å². The number of nitriles is 2. The molecule has 2 N–H and O–H groups in total. The fourth-order valence-electron chi connectivity index (χ4n) is 3.71. The smallest absolute Gasteiger partial charge is 0.407 e. The molecule has 0 spiro atoms. The van der Waals surface area contributed by atoms with E-state index in [2.05, 4.69) is 11.4 Å². The fourth-order valence-corrected chi connectivity index (χ4v) is 5.23. The lowest BCUT2D eigenvalue weighted by Crippen LogP contribution is -2.47. The summed E-state index contributed by atoms with van der Waals surface area (Å²) >= 11 is 0. The quantitative estimate of drug-likeness (QED) is 0.587. The van der Waals surface area contributed by atoms with Crippen molar-refractivity contribution in [2.75, 3.05) is 19.7 Å². The summed E-state index contributed by atoms with van der Waals surface area (Å²) in [6.07, 6.45) is 1.46. The van der Waals surface area contributed by atoms with Crippen LogP contribution in [0.5, 0.6) is 0 Å². The highest BCUT2D eigenvalue weighted by atomic mass is 32.2. The van der Waals surface area contributed by atoms with Crippen LogP contribution in [0.15, 0.2) is 23.1 Å². The predicted octanol–water partition coefficient (Wildman–Crippen LogP) is 2.69. The molecule has 0 aliphatic carbocycles. The van der Waals surface area contributed by atoms with Gasteiger partial charge in [0.1, 0.15) is 5.60 Å². The molecule has 0 bridgehead atoms. The summed E-state index contributed by atoms with van der Waals surface area (Å²) in [6, 6.07) is 8.34. The maximum absolute atomic E-state index is 13.2. The van der Waals surface area contributed by atoms with Gasteiger partial charge in [-0.1, -0.05) is 0 Å². The molecule has 0 saturated carbocycles. The summed E-state index contributed by atoms with van der Waals surface area (Å²) in [6.45, 7) is 5.68. The van der Waals surface area contributed by atoms with Gasteiger partial charge in [-0.2, -0.15) is 14.8 Å². The molecule has 0 aromatic heterocycles. The number of nitrogens with one attached hydrogen (secondary N) is 1. The number of benzene rings is 1. The molecule has 1 amide bonds. The number of sulfonamides is 1. The van der Waals surface area contributed by atoms with Crippen molar-refractivity contribution in [2.45, 2.75) is 69.4 Å². The number of aliphatic hydroxyl groups excluding tert-OH is 1. The zero-order chi connectivity index (χ0) is 24.6. The molecule has 1 aliphatic heterocycles. The molecule has 2 rings (SSSR count). The van der Waals surface area contributed by atoms with Gasteiger partial charge in [-0.25, -0.2) is 13.2 Å². The molecule has 10 heteroatoms. The van der Waals surface area contributed by atoms with Gasteiger partial charge in [-0.3, -0.25) is 0 Å². The molecule has 180 valence electrons. The Kier molecular flexibility index (Phi) is 9.24. The molecular formula is C23H32N4O5S. The van der Waals surface area contributed by atoms with E-state index in [9.17, 15) is 23.6 Å². The largest absolute Gasteiger partial charge is 0.444 e. The molecule has 0 radical (unpaired) electrons. The van der Waals surface area contributed by atoms with Crippen LogP contribution in [0.25, 0.3) is 0 Å². The lowest BCUT2D eigenvalue weighted by Gasteiger charge is -2.32. The molecular weight excluding hydrogens is 444 g/mol. The number of piperidine rings is 1. The number of hydrogen-bond donors (Lipinski definition) is 2. The summed E-state index contributed by atoms with van der Waals surface area (Å²) in [5.74, 6) is -0.232. The van der Waals surface area contributed by atoms with E-state index >= 15 is 0 Å². The Hall–Kier alpha value is -2.66. The normalized spacial score (nSPS) is 16.4. The molecule has 9 nitrogen and oxygen atoms in total. The van der Waals surface area contributed by atoms with Crippen molar-refractivity contribution in [2.24, 2.45) is 5.92 Å². The van der Waals surface area contributed by atoms with E-state index in [4.69, 9.17) is 10.00 Å². The van der Waals surface area contributed by atoms with E-state index in [0.717, 1.165) is 0 Å². The van der Waals surface area contributed by atoms with Crippen LogP contribution in [0.2, 0.25) is 0 Å². The SMILES string of the molecule is CC(C)(C)OC(=O)NC1CCN(S(=O)(=O)c2ccc(C#N)c(CC(CO)CCC#N)c2)CC1. The Morgan fingerprint density at radius 1 is 1.30 bits per heavy atom. The number of aliphatic hydroxyl groups is 1. The van der Waals surface area contributed by atoms with Crippen LogP contribution < -0.4 is 5.32 Å². The summed E-state index contributed by atoms with van der Waals surface area (Å²) in [5.41, 5.74) is 0.284. The van der Waals surface area contributed by atoms with Gasteiger partial charge in [0.15, 0.2) is 0 Å². The predicted molar refractivity (Wildman–Crippen MR) is 121 cm³/mol. The van der Waals surface area contributed by atoms with Crippen molar-refractivity contribution in [3.05, 3.63) is 29.3 Å². The first-order chi connectivity index (χ1) is 15.5. The number of carbonyl (C=O) groups excluding carboxylic acids is 1. The van der Waals surface area contributed by atoms with Crippen molar-refractivity contribution < 1.29 is 23.1 Å². The molecule has 1 unspecified atom stereocenters. The summed E-state index contributed by atoms with van der Waals surface area (Å²) in [4.78, 5) is 12.1. The van der Waals surface area contributed by atoms with E-state index in [1.165, 1.54) is 22.5 Å². The number of amides is 1. The summed E-state index contributed by atoms with van der Waals surface area (Å²) in [5, 5.41) is 30.6. The minimum absolute atomic E-state index is 0.0898. The van der Waals surface area contributed by atoms with E-state index in [1.54, 1.807) is 20.8 Å². The lowest BCUT2D eigenvalue weighted by molar-refractivity contribution is 0.0489. The highest BCUT2D eigenvalue weighted by molar-refractivity contribution is 7.89. The molecule has 1 heterocycles. The van der Waals surface area contributed by atoms with Crippen LogP contribution in [0, 0.1) is 28.6 Å². The second-order valence-corrected chi connectivity index (χ2v) is 11.1. The number of alkyl carbamates (subject to hydrolysis) is 1. The maximum atomic E-state index is 13.2. The van der Waals surface area contributed by atoms with Gasteiger partial charge >= 0.3 is 6.09 Å². The second-order valence-electron chi connectivity index (χ2n) is 9.20. The van der Waals surface area contributed by atoms with Gasteiger partial charge in [0.05, 0.1) is 22.6 Å². The van der Waals surface area contributed by atoms with Gasteiger partial charge < -0.3 is 15.2 Å². The molecule has 1 aromatic carbocycles. The van der Waals surface area contributed by atoms with Gasteiger partial charge in [0, 0.05) is 32.2 Å². The molecule has 1 aliphatic rings. The minimum Gasteiger partial charge on any atom is -0.444 e. The minimum atomic E-state index is -3.78. The Morgan fingerprint density at radius 2 is 1.97 bits per heavy atom. The van der Waals surface area contributed by atoms with Crippen molar-refractivity contribution >= 4 is 16.1 Å². The molecule has 1 fully saturated rings. The zero-order valence-corrected chi connectivity index (χ0v) is 20.2. The van der Waals surface area contributed by atoms with E-state index < -0.39 is 21.7 Å². The van der Waals surface area contributed by atoms with E-state index in [1.807, 2.05) is 6.07 Å². The first-order valence-electron chi connectivity index (χ1n) is 11.0. The lowest BCUT2D eigenvalue weighted by atomic mass is 9.93. The van der Waals surface area contributed by atoms with E-state index in [0.29, 0.717) is 36.8 Å². The van der Waals surface area contributed by atoms with Crippen LogP contribution in [-0.4, -0.2) is 55.3 Å². The Balaban J connectivity index is 2.10. The summed E-state index contributed by atoms with van der Waals surface area (Å²) < 4.78 is 33.1. The average molecular weight is 477 g/mol. The number of carbonyl (C=O) groups is 1. The fraction of sp³-hybridized carbons (Fsp3) is 0.609. The van der Waals surface area contributed by atoms with Crippen LogP contribution in [0.3, 0.4) is 0 Å². The highest BCUT2D eigenvalue weighted by Crippen LogP contribution is 2.25. The second kappa shape index (κ2) is 11.5. The molecule has 33 heavy (non-hydrogen) atoms. The molecule has 1 aromatic rings. The van der Waals surface area contributed by atoms with Crippen LogP contribution in [0.1, 0.15) is 57.6 Å². The Bertz CT molecular complexity index is 1010. The zero-order valence-electron chi connectivity index (χ0n) is 19.4. The first-order valence-corrected chi connectivity index (χ1v) is 12.4. The van der Waals surface area contributed by atoms with Gasteiger partial charge in [-0.05, 0) is 76.1 Å².